The fourth-order valence-corrected chi connectivity index (χ4v) is 5.58. The van der Waals surface area contributed by atoms with Crippen LogP contribution in [0.25, 0.3) is 11.3 Å². The molecule has 4 rings (SSSR count). The smallest absolute Gasteiger partial charge is 0.245 e. The quantitative estimate of drug-likeness (QED) is 0.535. The molecule has 2 heterocycles. The molecule has 0 radical (unpaired) electrons. The predicted molar refractivity (Wildman–Crippen MR) is 123 cm³/mol. The van der Waals surface area contributed by atoms with Crippen molar-refractivity contribution in [3.05, 3.63) is 65.6 Å². The van der Waals surface area contributed by atoms with Crippen LogP contribution in [0.15, 0.2) is 64.0 Å². The molecule has 0 saturated carbocycles. The number of nitrogens with zero attached hydrogens (tertiary/aromatic N) is 2. The number of benzene rings is 2. The third kappa shape index (κ3) is 5.03. The molecular formula is C23H24ClN3O4S. The van der Waals surface area contributed by atoms with E-state index in [0.29, 0.717) is 29.8 Å². The molecule has 1 saturated heterocycles. The number of para-hydroxylation sites is 1. The van der Waals surface area contributed by atoms with Gasteiger partial charge in [0.2, 0.25) is 15.9 Å². The molecule has 0 unspecified atom stereocenters. The van der Waals surface area contributed by atoms with Crippen molar-refractivity contribution in [2.24, 2.45) is 0 Å². The van der Waals surface area contributed by atoms with Crippen molar-refractivity contribution in [2.75, 3.05) is 18.4 Å². The molecule has 9 heteroatoms. The summed E-state index contributed by atoms with van der Waals surface area (Å²) in [7, 11) is -3.66. The van der Waals surface area contributed by atoms with Gasteiger partial charge in [0.05, 0.1) is 16.9 Å². The SMILES string of the molecule is O=C(CCc1ncc(-c2ccccc2Cl)o1)Nc1ccccc1S(=O)(=O)N1CCCCC1. The van der Waals surface area contributed by atoms with E-state index in [1.54, 1.807) is 30.5 Å². The van der Waals surface area contributed by atoms with Crippen molar-refractivity contribution >= 4 is 33.2 Å². The Morgan fingerprint density at radius 2 is 1.78 bits per heavy atom. The monoisotopic (exact) mass is 473 g/mol. The lowest BCUT2D eigenvalue weighted by atomic mass is 10.2. The van der Waals surface area contributed by atoms with Crippen LogP contribution in [0.5, 0.6) is 0 Å². The topological polar surface area (TPSA) is 92.5 Å². The Morgan fingerprint density at radius 1 is 1.06 bits per heavy atom. The standard InChI is InChI=1S/C23H24ClN3O4S/c24-18-9-3-2-8-17(18)20-16-25-23(31-20)13-12-22(28)26-19-10-4-5-11-21(19)32(29,30)27-14-6-1-7-15-27/h2-5,8-11,16H,1,6-7,12-15H2,(H,26,28). The summed E-state index contributed by atoms with van der Waals surface area (Å²) in [6, 6.07) is 13.8. The highest BCUT2D eigenvalue weighted by Gasteiger charge is 2.28. The van der Waals surface area contributed by atoms with E-state index >= 15 is 0 Å². The number of aryl methyl sites for hydroxylation is 1. The maximum absolute atomic E-state index is 13.1. The van der Waals surface area contributed by atoms with Gasteiger partial charge < -0.3 is 9.73 Å². The normalized spacial score (nSPS) is 14.9. The number of carbonyl (C=O) groups excluding carboxylic acids is 1. The van der Waals surface area contributed by atoms with Crippen molar-refractivity contribution in [1.82, 2.24) is 9.29 Å². The average molecular weight is 474 g/mol. The zero-order chi connectivity index (χ0) is 22.6. The molecule has 1 amide bonds. The van der Waals surface area contributed by atoms with Crippen molar-refractivity contribution in [3.8, 4) is 11.3 Å². The summed E-state index contributed by atoms with van der Waals surface area (Å²) < 4.78 is 33.4. The van der Waals surface area contributed by atoms with Crippen LogP contribution in [0.4, 0.5) is 5.69 Å². The molecule has 2 aromatic carbocycles. The number of sulfonamides is 1. The molecule has 32 heavy (non-hydrogen) atoms. The van der Waals surface area contributed by atoms with Crippen LogP contribution in [0, 0.1) is 0 Å². The van der Waals surface area contributed by atoms with Crippen LogP contribution in [0.2, 0.25) is 5.02 Å². The van der Waals surface area contributed by atoms with Crippen LogP contribution < -0.4 is 5.32 Å². The molecule has 7 nitrogen and oxygen atoms in total. The van der Waals surface area contributed by atoms with Gasteiger partial charge in [-0.15, -0.1) is 0 Å². The number of rotatable bonds is 7. The molecule has 1 aromatic heterocycles. The summed E-state index contributed by atoms with van der Waals surface area (Å²) in [5, 5.41) is 3.29. The Balaban J connectivity index is 1.42. The molecule has 1 fully saturated rings. The molecule has 0 atom stereocenters. The molecule has 168 valence electrons. The average Bonchev–Trinajstić information content (AvgIpc) is 3.28. The summed E-state index contributed by atoms with van der Waals surface area (Å²) in [6.45, 7) is 1.01. The first-order valence-corrected chi connectivity index (χ1v) is 12.4. The predicted octanol–water partition coefficient (Wildman–Crippen LogP) is 4.74. The van der Waals surface area contributed by atoms with E-state index in [4.69, 9.17) is 16.0 Å². The summed E-state index contributed by atoms with van der Waals surface area (Å²) in [5.41, 5.74) is 1.02. The Bertz CT molecular complexity index is 1200. The lowest BCUT2D eigenvalue weighted by Gasteiger charge is -2.26. The van der Waals surface area contributed by atoms with Crippen LogP contribution in [-0.2, 0) is 21.2 Å². The van der Waals surface area contributed by atoms with Gasteiger partial charge in [-0.05, 0) is 37.1 Å². The second kappa shape index (κ2) is 9.85. The molecule has 1 N–H and O–H groups in total. The van der Waals surface area contributed by atoms with E-state index in [1.165, 1.54) is 10.4 Å². The summed E-state index contributed by atoms with van der Waals surface area (Å²) in [6.07, 6.45) is 4.68. The number of oxazole rings is 1. The first-order valence-electron chi connectivity index (χ1n) is 10.5. The molecular weight excluding hydrogens is 450 g/mol. The van der Waals surface area contributed by atoms with Crippen LogP contribution in [0.3, 0.4) is 0 Å². The second-order valence-electron chi connectivity index (χ2n) is 7.61. The zero-order valence-corrected chi connectivity index (χ0v) is 19.0. The fourth-order valence-electron chi connectivity index (χ4n) is 3.68. The van der Waals surface area contributed by atoms with Crippen molar-refractivity contribution < 1.29 is 17.6 Å². The summed E-state index contributed by atoms with van der Waals surface area (Å²) in [5.74, 6) is 0.622. The number of carbonyl (C=O) groups is 1. The van der Waals surface area contributed by atoms with Crippen LogP contribution in [0.1, 0.15) is 31.6 Å². The van der Waals surface area contributed by atoms with Gasteiger partial charge in [-0.1, -0.05) is 42.3 Å². The first kappa shape index (κ1) is 22.5. The highest BCUT2D eigenvalue weighted by Crippen LogP contribution is 2.29. The number of anilines is 1. The molecule has 1 aliphatic heterocycles. The van der Waals surface area contributed by atoms with Gasteiger partial charge in [-0.2, -0.15) is 4.31 Å². The summed E-state index contributed by atoms with van der Waals surface area (Å²) >= 11 is 6.19. The second-order valence-corrected chi connectivity index (χ2v) is 9.92. The van der Waals surface area contributed by atoms with E-state index in [0.717, 1.165) is 24.8 Å². The van der Waals surface area contributed by atoms with Crippen LogP contribution in [-0.4, -0.2) is 36.7 Å². The number of nitrogens with one attached hydrogen (secondary N) is 1. The lowest BCUT2D eigenvalue weighted by Crippen LogP contribution is -2.36. The molecule has 0 bridgehead atoms. The third-order valence-electron chi connectivity index (χ3n) is 5.35. The van der Waals surface area contributed by atoms with Crippen molar-refractivity contribution in [2.45, 2.75) is 37.0 Å². The maximum Gasteiger partial charge on any atom is 0.245 e. The first-order chi connectivity index (χ1) is 15.4. The van der Waals surface area contributed by atoms with Gasteiger partial charge in [0.1, 0.15) is 4.90 Å². The number of aromatic nitrogens is 1. The number of halogens is 1. The molecule has 0 aliphatic carbocycles. The zero-order valence-electron chi connectivity index (χ0n) is 17.5. The minimum Gasteiger partial charge on any atom is -0.441 e. The summed E-state index contributed by atoms with van der Waals surface area (Å²) in [4.78, 5) is 16.9. The van der Waals surface area contributed by atoms with Gasteiger partial charge in [0.15, 0.2) is 11.7 Å². The van der Waals surface area contributed by atoms with Crippen molar-refractivity contribution in [3.63, 3.8) is 0 Å². The van der Waals surface area contributed by atoms with Crippen molar-refractivity contribution in [1.29, 1.82) is 0 Å². The third-order valence-corrected chi connectivity index (χ3v) is 7.64. The lowest BCUT2D eigenvalue weighted by molar-refractivity contribution is -0.116. The van der Waals surface area contributed by atoms with E-state index in [1.807, 2.05) is 18.2 Å². The number of hydrogen-bond acceptors (Lipinski definition) is 5. The van der Waals surface area contributed by atoms with E-state index in [-0.39, 0.29) is 29.3 Å². The number of piperidine rings is 1. The highest BCUT2D eigenvalue weighted by atomic mass is 35.5. The Hall–Kier alpha value is -2.68. The van der Waals surface area contributed by atoms with Gasteiger partial charge in [-0.25, -0.2) is 13.4 Å². The molecule has 0 spiro atoms. The highest BCUT2D eigenvalue weighted by molar-refractivity contribution is 7.89. The Kier molecular flexibility index (Phi) is 6.93. The molecule has 1 aliphatic rings. The minimum absolute atomic E-state index is 0.0978. The van der Waals surface area contributed by atoms with E-state index in [2.05, 4.69) is 10.3 Å². The Morgan fingerprint density at radius 3 is 2.56 bits per heavy atom. The van der Waals surface area contributed by atoms with Gasteiger partial charge >= 0.3 is 0 Å². The fraction of sp³-hybridized carbons (Fsp3) is 0.304. The van der Waals surface area contributed by atoms with Gasteiger partial charge in [0, 0.05) is 31.5 Å². The van der Waals surface area contributed by atoms with Gasteiger partial charge in [-0.3, -0.25) is 4.79 Å². The van der Waals surface area contributed by atoms with E-state index in [9.17, 15) is 13.2 Å². The number of amides is 1. The van der Waals surface area contributed by atoms with E-state index < -0.39 is 10.0 Å². The largest absolute Gasteiger partial charge is 0.441 e. The Labute approximate surface area is 192 Å². The van der Waals surface area contributed by atoms with Crippen LogP contribution >= 0.6 is 11.6 Å². The molecule has 3 aromatic rings. The van der Waals surface area contributed by atoms with Gasteiger partial charge in [0.25, 0.3) is 0 Å². The number of hydrogen-bond donors (Lipinski definition) is 1. The maximum atomic E-state index is 13.1. The minimum atomic E-state index is -3.66.